The van der Waals surface area contributed by atoms with E-state index in [0.717, 1.165) is 35.6 Å². The standard InChI is InChI=1S/C18H27NO.C5H12/c1-7-13-18(3,4)16(8-2)17(20)14-9-11-15(12-10-14)19(5)6;1-4-5(2)3/h8-12H,7,13H2,1-6H3;5H,4H2,1-3H3/b16-8-;. The van der Waals surface area contributed by atoms with Gasteiger partial charge in [-0.25, -0.2) is 0 Å². The van der Waals surface area contributed by atoms with Gasteiger partial charge in [-0.1, -0.05) is 60.5 Å². The Morgan fingerprint density at radius 1 is 1.12 bits per heavy atom. The fourth-order valence-corrected chi connectivity index (χ4v) is 2.66. The first-order chi connectivity index (χ1) is 11.6. The van der Waals surface area contributed by atoms with Crippen LogP contribution < -0.4 is 4.90 Å². The van der Waals surface area contributed by atoms with Gasteiger partial charge in [0.25, 0.3) is 0 Å². The van der Waals surface area contributed by atoms with E-state index in [4.69, 9.17) is 0 Å². The fraction of sp³-hybridized carbons (Fsp3) is 0.609. The lowest BCUT2D eigenvalue weighted by Crippen LogP contribution is -2.21. The fourth-order valence-electron chi connectivity index (χ4n) is 2.66. The molecule has 0 N–H and O–H groups in total. The summed E-state index contributed by atoms with van der Waals surface area (Å²) in [6.45, 7) is 15.1. The first-order valence-electron chi connectivity index (χ1n) is 9.59. The van der Waals surface area contributed by atoms with Gasteiger partial charge < -0.3 is 4.90 Å². The molecule has 142 valence electrons. The van der Waals surface area contributed by atoms with E-state index < -0.39 is 0 Å². The number of anilines is 1. The average molecular weight is 346 g/mol. The van der Waals surface area contributed by atoms with Crippen LogP contribution in [0.25, 0.3) is 0 Å². The van der Waals surface area contributed by atoms with Crippen molar-refractivity contribution in [2.45, 2.75) is 67.7 Å². The molecule has 0 atom stereocenters. The topological polar surface area (TPSA) is 20.3 Å². The number of nitrogens with zero attached hydrogens (tertiary/aromatic N) is 1. The number of ketones is 1. The highest BCUT2D eigenvalue weighted by molar-refractivity contribution is 6.09. The summed E-state index contributed by atoms with van der Waals surface area (Å²) in [7, 11) is 4.00. The molecule has 0 amide bonds. The number of Topliss-reactive ketones (excluding diaryl/α,β-unsaturated/α-hetero) is 1. The van der Waals surface area contributed by atoms with Gasteiger partial charge in [-0.2, -0.15) is 0 Å². The number of allylic oxidation sites excluding steroid dienone is 2. The maximum absolute atomic E-state index is 12.7. The van der Waals surface area contributed by atoms with E-state index >= 15 is 0 Å². The van der Waals surface area contributed by atoms with Crippen LogP contribution >= 0.6 is 0 Å². The van der Waals surface area contributed by atoms with Gasteiger partial charge in [-0.3, -0.25) is 4.79 Å². The number of hydrogen-bond acceptors (Lipinski definition) is 2. The predicted molar refractivity (Wildman–Crippen MR) is 113 cm³/mol. The summed E-state index contributed by atoms with van der Waals surface area (Å²) in [5.74, 6) is 1.03. The van der Waals surface area contributed by atoms with Gasteiger partial charge in [0.15, 0.2) is 5.78 Å². The summed E-state index contributed by atoms with van der Waals surface area (Å²) >= 11 is 0. The zero-order valence-electron chi connectivity index (χ0n) is 17.9. The van der Waals surface area contributed by atoms with Crippen LogP contribution in [0.2, 0.25) is 0 Å². The second-order valence-electron chi connectivity index (χ2n) is 7.91. The minimum Gasteiger partial charge on any atom is -0.378 e. The summed E-state index contributed by atoms with van der Waals surface area (Å²) < 4.78 is 0. The number of carbonyl (C=O) groups excluding carboxylic acids is 1. The van der Waals surface area contributed by atoms with Crippen molar-refractivity contribution in [3.8, 4) is 0 Å². The Kier molecular flexibility index (Phi) is 10.4. The third kappa shape index (κ3) is 7.90. The van der Waals surface area contributed by atoms with E-state index in [0.29, 0.717) is 0 Å². The van der Waals surface area contributed by atoms with Crippen molar-refractivity contribution in [3.63, 3.8) is 0 Å². The van der Waals surface area contributed by atoms with E-state index in [2.05, 4.69) is 41.5 Å². The second kappa shape index (κ2) is 11.1. The zero-order valence-corrected chi connectivity index (χ0v) is 17.9. The van der Waals surface area contributed by atoms with E-state index in [1.807, 2.05) is 56.3 Å². The molecule has 1 aromatic rings. The molecule has 0 unspecified atom stereocenters. The van der Waals surface area contributed by atoms with Gasteiger partial charge in [0.1, 0.15) is 0 Å². The number of benzene rings is 1. The van der Waals surface area contributed by atoms with Crippen molar-refractivity contribution in [2.75, 3.05) is 19.0 Å². The summed E-state index contributed by atoms with van der Waals surface area (Å²) in [6, 6.07) is 7.83. The van der Waals surface area contributed by atoms with Crippen LogP contribution in [0.3, 0.4) is 0 Å². The van der Waals surface area contributed by atoms with E-state index in [1.165, 1.54) is 6.42 Å². The van der Waals surface area contributed by atoms with Crippen LogP contribution in [-0.2, 0) is 0 Å². The Balaban J connectivity index is 0.00000101. The van der Waals surface area contributed by atoms with Crippen LogP contribution in [0, 0.1) is 11.3 Å². The normalized spacial score (nSPS) is 11.8. The summed E-state index contributed by atoms with van der Waals surface area (Å²) in [5.41, 5.74) is 2.72. The Morgan fingerprint density at radius 2 is 1.60 bits per heavy atom. The van der Waals surface area contributed by atoms with Crippen molar-refractivity contribution >= 4 is 11.5 Å². The molecule has 0 aliphatic carbocycles. The lowest BCUT2D eigenvalue weighted by molar-refractivity contribution is 0.100. The molecule has 0 aliphatic heterocycles. The van der Waals surface area contributed by atoms with E-state index in [9.17, 15) is 4.79 Å². The molecule has 0 aromatic heterocycles. The molecule has 2 nitrogen and oxygen atoms in total. The first kappa shape index (κ1) is 23.4. The number of carbonyl (C=O) groups is 1. The maximum atomic E-state index is 12.7. The van der Waals surface area contributed by atoms with Crippen LogP contribution in [0.15, 0.2) is 35.9 Å². The molecular weight excluding hydrogens is 306 g/mol. The highest BCUT2D eigenvalue weighted by Gasteiger charge is 2.27. The molecule has 1 rings (SSSR count). The third-order valence-electron chi connectivity index (χ3n) is 4.60. The molecular formula is C23H39NO. The predicted octanol–water partition coefficient (Wildman–Crippen LogP) is 6.76. The molecule has 0 fully saturated rings. The minimum atomic E-state index is -0.0686. The molecule has 0 spiro atoms. The highest BCUT2D eigenvalue weighted by atomic mass is 16.1. The van der Waals surface area contributed by atoms with Crippen molar-refractivity contribution < 1.29 is 4.79 Å². The van der Waals surface area contributed by atoms with Gasteiger partial charge in [-0.15, -0.1) is 0 Å². The molecule has 25 heavy (non-hydrogen) atoms. The van der Waals surface area contributed by atoms with Gasteiger partial charge >= 0.3 is 0 Å². The van der Waals surface area contributed by atoms with Crippen LogP contribution in [0.4, 0.5) is 5.69 Å². The molecule has 0 saturated heterocycles. The molecule has 0 saturated carbocycles. The van der Waals surface area contributed by atoms with Gasteiger partial charge in [0, 0.05) is 30.9 Å². The van der Waals surface area contributed by atoms with Crippen LogP contribution in [0.5, 0.6) is 0 Å². The molecule has 2 heteroatoms. The molecule has 0 bridgehead atoms. The van der Waals surface area contributed by atoms with Crippen LogP contribution in [-0.4, -0.2) is 19.9 Å². The van der Waals surface area contributed by atoms with Gasteiger partial charge in [0.05, 0.1) is 0 Å². The SMILES string of the molecule is C/C=C(/C(=O)c1ccc(N(C)C)cc1)C(C)(C)CCC.CCC(C)C. The lowest BCUT2D eigenvalue weighted by atomic mass is 9.77. The Morgan fingerprint density at radius 3 is 1.92 bits per heavy atom. The van der Waals surface area contributed by atoms with Crippen molar-refractivity contribution in [1.82, 2.24) is 0 Å². The largest absolute Gasteiger partial charge is 0.378 e. The van der Waals surface area contributed by atoms with Crippen molar-refractivity contribution in [3.05, 3.63) is 41.5 Å². The summed E-state index contributed by atoms with van der Waals surface area (Å²) in [6.07, 6.45) is 5.38. The smallest absolute Gasteiger partial charge is 0.189 e. The van der Waals surface area contributed by atoms with Crippen molar-refractivity contribution in [2.24, 2.45) is 11.3 Å². The van der Waals surface area contributed by atoms with E-state index in [-0.39, 0.29) is 11.2 Å². The first-order valence-corrected chi connectivity index (χ1v) is 9.59. The second-order valence-corrected chi connectivity index (χ2v) is 7.91. The highest BCUT2D eigenvalue weighted by Crippen LogP contribution is 2.34. The van der Waals surface area contributed by atoms with Gasteiger partial charge in [0.2, 0.25) is 0 Å². The van der Waals surface area contributed by atoms with Crippen molar-refractivity contribution in [1.29, 1.82) is 0 Å². The zero-order chi connectivity index (χ0) is 19.6. The summed E-state index contributed by atoms with van der Waals surface area (Å²) in [4.78, 5) is 14.7. The lowest BCUT2D eigenvalue weighted by Gasteiger charge is -2.27. The molecule has 0 heterocycles. The Bertz CT molecular complexity index is 536. The Labute approximate surface area is 156 Å². The average Bonchev–Trinajstić information content (AvgIpc) is 2.55. The minimum absolute atomic E-state index is 0.0686. The van der Waals surface area contributed by atoms with Crippen LogP contribution in [0.1, 0.15) is 78.1 Å². The molecule has 0 aliphatic rings. The number of hydrogen-bond donors (Lipinski definition) is 0. The maximum Gasteiger partial charge on any atom is 0.189 e. The van der Waals surface area contributed by atoms with Gasteiger partial charge in [-0.05, 0) is 48.9 Å². The number of rotatable bonds is 7. The summed E-state index contributed by atoms with van der Waals surface area (Å²) in [5, 5.41) is 0. The third-order valence-corrected chi connectivity index (χ3v) is 4.60. The molecule has 0 radical (unpaired) electrons. The van der Waals surface area contributed by atoms with E-state index in [1.54, 1.807) is 0 Å². The Hall–Kier alpha value is -1.57. The monoisotopic (exact) mass is 345 g/mol. The molecule has 1 aromatic carbocycles. The quantitative estimate of drug-likeness (QED) is 0.402.